The van der Waals surface area contributed by atoms with Crippen LogP contribution >= 0.6 is 0 Å². The van der Waals surface area contributed by atoms with Gasteiger partial charge in [-0.3, -0.25) is 4.55 Å². The molecule has 1 aromatic rings. The molecule has 0 bridgehead atoms. The zero-order valence-electron chi connectivity index (χ0n) is 6.56. The van der Waals surface area contributed by atoms with Crippen LogP contribution in [0.4, 0.5) is 0 Å². The summed E-state index contributed by atoms with van der Waals surface area (Å²) in [6, 6.07) is 4.51. The number of aromatic nitrogens is 1. The average molecular weight is 187 g/mol. The Morgan fingerprint density at radius 3 is 2.67 bits per heavy atom. The normalized spacial score (nSPS) is 11.5. The van der Waals surface area contributed by atoms with Crippen molar-refractivity contribution in [3.05, 3.63) is 23.9 Å². The quantitative estimate of drug-likeness (QED) is 0.698. The molecule has 5 heteroatoms. The van der Waals surface area contributed by atoms with Crippen molar-refractivity contribution in [1.29, 1.82) is 0 Å². The molecule has 0 atom stereocenters. The number of pyridine rings is 1. The summed E-state index contributed by atoms with van der Waals surface area (Å²) < 4.78 is 29.8. The first-order valence-electron chi connectivity index (χ1n) is 3.47. The van der Waals surface area contributed by atoms with Gasteiger partial charge in [-0.15, -0.1) is 0 Å². The number of rotatable bonds is 2. The van der Waals surface area contributed by atoms with E-state index in [0.717, 1.165) is 0 Å². The Bertz CT molecular complexity index is 372. The van der Waals surface area contributed by atoms with E-state index in [1.807, 2.05) is 6.92 Å². The monoisotopic (exact) mass is 187 g/mol. The Hall–Kier alpha value is -0.940. The van der Waals surface area contributed by atoms with Gasteiger partial charge >= 0.3 is 10.1 Å². The van der Waals surface area contributed by atoms with Crippen molar-refractivity contribution in [1.82, 2.24) is 4.98 Å². The Balaban J connectivity index is 3.20. The van der Waals surface area contributed by atoms with Gasteiger partial charge < -0.3 is 0 Å². The lowest BCUT2D eigenvalue weighted by molar-refractivity contribution is 0.479. The van der Waals surface area contributed by atoms with Gasteiger partial charge in [0, 0.05) is 5.69 Å². The Morgan fingerprint density at radius 2 is 2.17 bits per heavy atom. The standard InChI is InChI=1S/C7H9NO3S/c1-2-6-4-3-5-7(8-6)12(9,10)11/h3-5H,2H2,1H3,(H,9,10,11). The lowest BCUT2D eigenvalue weighted by Crippen LogP contribution is -2.02. The third kappa shape index (κ3) is 2.02. The molecule has 12 heavy (non-hydrogen) atoms. The molecular weight excluding hydrogens is 178 g/mol. The van der Waals surface area contributed by atoms with Crippen molar-refractivity contribution in [2.24, 2.45) is 0 Å². The van der Waals surface area contributed by atoms with E-state index in [-0.39, 0.29) is 5.03 Å². The lowest BCUT2D eigenvalue weighted by Gasteiger charge is -1.97. The van der Waals surface area contributed by atoms with Crippen molar-refractivity contribution in [2.45, 2.75) is 18.4 Å². The maximum absolute atomic E-state index is 10.6. The van der Waals surface area contributed by atoms with E-state index in [9.17, 15) is 8.42 Å². The van der Waals surface area contributed by atoms with E-state index >= 15 is 0 Å². The fourth-order valence-corrected chi connectivity index (χ4v) is 1.28. The highest BCUT2D eigenvalue weighted by molar-refractivity contribution is 7.85. The van der Waals surface area contributed by atoms with Gasteiger partial charge in [0.15, 0.2) is 5.03 Å². The molecule has 0 radical (unpaired) electrons. The molecule has 0 aromatic carbocycles. The molecule has 0 aliphatic heterocycles. The van der Waals surface area contributed by atoms with E-state index in [4.69, 9.17) is 4.55 Å². The van der Waals surface area contributed by atoms with Gasteiger partial charge in [0.1, 0.15) is 0 Å². The second kappa shape index (κ2) is 3.20. The topological polar surface area (TPSA) is 67.3 Å². The molecule has 0 saturated carbocycles. The molecule has 0 aliphatic rings. The highest BCUT2D eigenvalue weighted by Gasteiger charge is 2.10. The lowest BCUT2D eigenvalue weighted by atomic mass is 10.3. The Kier molecular flexibility index (Phi) is 2.44. The average Bonchev–Trinajstić information content (AvgIpc) is 2.03. The maximum Gasteiger partial charge on any atom is 0.312 e. The van der Waals surface area contributed by atoms with E-state index in [1.54, 1.807) is 12.1 Å². The van der Waals surface area contributed by atoms with Crippen molar-refractivity contribution >= 4 is 10.1 Å². The molecular formula is C7H9NO3S. The second-order valence-corrected chi connectivity index (χ2v) is 3.66. The van der Waals surface area contributed by atoms with Gasteiger partial charge in [0.2, 0.25) is 0 Å². The minimum absolute atomic E-state index is 0.290. The van der Waals surface area contributed by atoms with Crippen LogP contribution in [0.15, 0.2) is 23.2 Å². The van der Waals surface area contributed by atoms with Gasteiger partial charge in [0.25, 0.3) is 0 Å². The van der Waals surface area contributed by atoms with E-state index in [2.05, 4.69) is 4.98 Å². The highest BCUT2D eigenvalue weighted by Crippen LogP contribution is 2.05. The van der Waals surface area contributed by atoms with Crippen LogP contribution in [0.1, 0.15) is 12.6 Å². The van der Waals surface area contributed by atoms with Crippen LogP contribution in [-0.4, -0.2) is 18.0 Å². The van der Waals surface area contributed by atoms with Crippen LogP contribution in [0.3, 0.4) is 0 Å². The minimum atomic E-state index is -4.15. The zero-order chi connectivity index (χ0) is 9.19. The molecule has 0 spiro atoms. The molecule has 1 heterocycles. The summed E-state index contributed by atoms with van der Waals surface area (Å²) in [5.41, 5.74) is 0.644. The zero-order valence-corrected chi connectivity index (χ0v) is 7.37. The molecule has 0 amide bonds. The molecule has 4 nitrogen and oxygen atoms in total. The molecule has 0 saturated heterocycles. The first kappa shape index (κ1) is 9.15. The molecule has 0 unspecified atom stereocenters. The minimum Gasteiger partial charge on any atom is -0.281 e. The van der Waals surface area contributed by atoms with Gasteiger partial charge in [-0.1, -0.05) is 13.0 Å². The fraction of sp³-hybridized carbons (Fsp3) is 0.286. The van der Waals surface area contributed by atoms with Gasteiger partial charge in [-0.2, -0.15) is 8.42 Å². The van der Waals surface area contributed by atoms with Crippen LogP contribution < -0.4 is 0 Å². The molecule has 0 fully saturated rings. The summed E-state index contributed by atoms with van der Waals surface area (Å²) in [4.78, 5) is 3.72. The summed E-state index contributed by atoms with van der Waals surface area (Å²) >= 11 is 0. The summed E-state index contributed by atoms with van der Waals surface area (Å²) in [7, 11) is -4.15. The summed E-state index contributed by atoms with van der Waals surface area (Å²) in [5, 5.41) is -0.290. The van der Waals surface area contributed by atoms with E-state index in [0.29, 0.717) is 12.1 Å². The van der Waals surface area contributed by atoms with Gasteiger partial charge in [0.05, 0.1) is 0 Å². The fourth-order valence-electron chi connectivity index (χ4n) is 0.798. The van der Waals surface area contributed by atoms with Crippen LogP contribution in [0.5, 0.6) is 0 Å². The summed E-state index contributed by atoms with van der Waals surface area (Å²) in [5.74, 6) is 0. The van der Waals surface area contributed by atoms with E-state index < -0.39 is 10.1 Å². The predicted molar refractivity (Wildman–Crippen MR) is 43.4 cm³/mol. The number of aryl methyl sites for hydroxylation is 1. The van der Waals surface area contributed by atoms with Crippen LogP contribution in [0.25, 0.3) is 0 Å². The maximum atomic E-state index is 10.6. The number of hydrogen-bond acceptors (Lipinski definition) is 3. The van der Waals surface area contributed by atoms with Crippen molar-refractivity contribution in [3.8, 4) is 0 Å². The van der Waals surface area contributed by atoms with Gasteiger partial charge in [-0.25, -0.2) is 4.98 Å². The van der Waals surface area contributed by atoms with E-state index in [1.165, 1.54) is 6.07 Å². The molecule has 1 rings (SSSR count). The third-order valence-corrected chi connectivity index (χ3v) is 2.16. The SMILES string of the molecule is CCc1cccc(S(=O)(=O)O)n1. The van der Waals surface area contributed by atoms with Crippen LogP contribution in [0, 0.1) is 0 Å². The van der Waals surface area contributed by atoms with Gasteiger partial charge in [-0.05, 0) is 18.6 Å². The smallest absolute Gasteiger partial charge is 0.281 e. The molecule has 66 valence electrons. The number of nitrogens with zero attached hydrogens (tertiary/aromatic N) is 1. The molecule has 1 aromatic heterocycles. The van der Waals surface area contributed by atoms with Crippen LogP contribution in [0.2, 0.25) is 0 Å². The first-order chi connectivity index (χ1) is 5.54. The molecule has 1 N–H and O–H groups in total. The van der Waals surface area contributed by atoms with Crippen LogP contribution in [-0.2, 0) is 16.5 Å². The second-order valence-electron chi connectivity index (χ2n) is 2.30. The van der Waals surface area contributed by atoms with Crippen molar-refractivity contribution in [3.63, 3.8) is 0 Å². The Labute approximate surface area is 71.0 Å². The van der Waals surface area contributed by atoms with Crippen molar-refractivity contribution in [2.75, 3.05) is 0 Å². The number of hydrogen-bond donors (Lipinski definition) is 1. The van der Waals surface area contributed by atoms with Crippen molar-refractivity contribution < 1.29 is 13.0 Å². The first-order valence-corrected chi connectivity index (χ1v) is 4.91. The third-order valence-electron chi connectivity index (χ3n) is 1.41. The summed E-state index contributed by atoms with van der Waals surface area (Å²) in [6.45, 7) is 1.86. The predicted octanol–water partition coefficient (Wildman–Crippen LogP) is 0.891. The Morgan fingerprint density at radius 1 is 1.50 bits per heavy atom. The summed E-state index contributed by atoms with van der Waals surface area (Å²) in [6.07, 6.45) is 0.642. The molecule has 0 aliphatic carbocycles. The largest absolute Gasteiger partial charge is 0.312 e. The highest BCUT2D eigenvalue weighted by atomic mass is 32.2.